The number of hydrogen-bond acceptors (Lipinski definition) is 4. The fourth-order valence-electron chi connectivity index (χ4n) is 1.92. The van der Waals surface area contributed by atoms with Crippen LogP contribution >= 0.6 is 11.6 Å². The second kappa shape index (κ2) is 6.19. The minimum Gasteiger partial charge on any atom is -0.381 e. The largest absolute Gasteiger partial charge is 0.381 e. The summed E-state index contributed by atoms with van der Waals surface area (Å²) in [7, 11) is -3.53. The average molecular weight is 305 g/mol. The zero-order valence-corrected chi connectivity index (χ0v) is 12.0. The number of rotatable bonds is 5. The molecule has 0 radical (unpaired) electrons. The van der Waals surface area contributed by atoms with Crippen molar-refractivity contribution in [3.05, 3.63) is 28.8 Å². The maximum Gasteiger partial charge on any atom is 0.240 e. The van der Waals surface area contributed by atoms with Crippen LogP contribution in [0.2, 0.25) is 5.02 Å². The summed E-state index contributed by atoms with van der Waals surface area (Å²) in [6, 6.07) is 4.58. The van der Waals surface area contributed by atoms with E-state index in [0.717, 1.165) is 12.0 Å². The van der Waals surface area contributed by atoms with Crippen molar-refractivity contribution in [2.45, 2.75) is 17.9 Å². The van der Waals surface area contributed by atoms with E-state index in [9.17, 15) is 8.42 Å². The zero-order valence-electron chi connectivity index (χ0n) is 10.4. The molecule has 1 atom stereocenters. The Kier molecular flexibility index (Phi) is 4.81. The van der Waals surface area contributed by atoms with Crippen LogP contribution in [0.4, 0.5) is 0 Å². The SMILES string of the molecule is NCc1ccc(S(=O)(=O)NCC2CCOC2)cc1Cl. The normalized spacial score (nSPS) is 19.8. The monoisotopic (exact) mass is 304 g/mol. The van der Waals surface area contributed by atoms with Crippen molar-refractivity contribution in [3.63, 3.8) is 0 Å². The van der Waals surface area contributed by atoms with Gasteiger partial charge < -0.3 is 10.5 Å². The van der Waals surface area contributed by atoms with Gasteiger partial charge in [0.1, 0.15) is 0 Å². The van der Waals surface area contributed by atoms with E-state index in [4.69, 9.17) is 22.1 Å². The van der Waals surface area contributed by atoms with Crippen LogP contribution in [0.1, 0.15) is 12.0 Å². The molecule has 0 aliphatic carbocycles. The van der Waals surface area contributed by atoms with Gasteiger partial charge in [-0.25, -0.2) is 13.1 Å². The summed E-state index contributed by atoms with van der Waals surface area (Å²) in [6.45, 7) is 1.98. The fourth-order valence-corrected chi connectivity index (χ4v) is 3.38. The summed E-state index contributed by atoms with van der Waals surface area (Å²) in [5, 5.41) is 0.370. The van der Waals surface area contributed by atoms with Gasteiger partial charge in [0.2, 0.25) is 10.0 Å². The Bertz CT molecular complexity index is 542. The van der Waals surface area contributed by atoms with Gasteiger partial charge in [-0.15, -0.1) is 0 Å². The van der Waals surface area contributed by atoms with Crippen molar-refractivity contribution < 1.29 is 13.2 Å². The van der Waals surface area contributed by atoms with Crippen LogP contribution in [-0.2, 0) is 21.3 Å². The van der Waals surface area contributed by atoms with Crippen LogP contribution < -0.4 is 10.5 Å². The lowest BCUT2D eigenvalue weighted by atomic mass is 10.1. The van der Waals surface area contributed by atoms with Crippen molar-refractivity contribution in [3.8, 4) is 0 Å². The molecule has 7 heteroatoms. The third-order valence-corrected chi connectivity index (χ3v) is 4.91. The third kappa shape index (κ3) is 3.67. The Morgan fingerprint density at radius 3 is 2.84 bits per heavy atom. The second-order valence-corrected chi connectivity index (χ2v) is 6.71. The van der Waals surface area contributed by atoms with Gasteiger partial charge in [-0.2, -0.15) is 0 Å². The molecule has 0 saturated carbocycles. The van der Waals surface area contributed by atoms with E-state index in [1.807, 2.05) is 0 Å². The highest BCUT2D eigenvalue weighted by atomic mass is 35.5. The first-order valence-corrected chi connectivity index (χ1v) is 7.95. The van der Waals surface area contributed by atoms with Crippen molar-refractivity contribution in [1.29, 1.82) is 0 Å². The van der Waals surface area contributed by atoms with Crippen LogP contribution in [0.5, 0.6) is 0 Å². The van der Waals surface area contributed by atoms with Gasteiger partial charge in [-0.3, -0.25) is 0 Å². The molecular formula is C12H17ClN2O3S. The first-order valence-electron chi connectivity index (χ1n) is 6.09. The Balaban J connectivity index is 2.08. The molecule has 3 N–H and O–H groups in total. The average Bonchev–Trinajstić information content (AvgIpc) is 2.89. The minimum absolute atomic E-state index is 0.161. The van der Waals surface area contributed by atoms with Gasteiger partial charge in [-0.05, 0) is 30.0 Å². The van der Waals surface area contributed by atoms with Gasteiger partial charge in [0.05, 0.1) is 11.5 Å². The van der Waals surface area contributed by atoms with E-state index in [0.29, 0.717) is 24.8 Å². The smallest absolute Gasteiger partial charge is 0.240 e. The number of hydrogen-bond donors (Lipinski definition) is 2. The summed E-state index contributed by atoms with van der Waals surface area (Å²) in [5.74, 6) is 0.244. The molecule has 0 amide bonds. The summed E-state index contributed by atoms with van der Waals surface area (Å²) in [5.41, 5.74) is 6.21. The molecule has 1 aromatic rings. The van der Waals surface area contributed by atoms with Crippen molar-refractivity contribution in [2.75, 3.05) is 19.8 Å². The van der Waals surface area contributed by atoms with Gasteiger partial charge in [0.25, 0.3) is 0 Å². The van der Waals surface area contributed by atoms with Crippen molar-refractivity contribution in [2.24, 2.45) is 11.7 Å². The lowest BCUT2D eigenvalue weighted by Crippen LogP contribution is -2.29. The number of sulfonamides is 1. The van der Waals surface area contributed by atoms with Gasteiger partial charge in [-0.1, -0.05) is 17.7 Å². The number of nitrogens with two attached hydrogens (primary N) is 1. The maximum absolute atomic E-state index is 12.1. The topological polar surface area (TPSA) is 81.4 Å². The van der Waals surface area contributed by atoms with Gasteiger partial charge >= 0.3 is 0 Å². The Morgan fingerprint density at radius 1 is 1.47 bits per heavy atom. The third-order valence-electron chi connectivity index (χ3n) is 3.14. The van der Waals surface area contributed by atoms with E-state index < -0.39 is 10.0 Å². The van der Waals surface area contributed by atoms with Crippen LogP contribution in [0, 0.1) is 5.92 Å². The number of ether oxygens (including phenoxy) is 1. The summed E-state index contributed by atoms with van der Waals surface area (Å²) >= 11 is 5.97. The molecule has 1 fully saturated rings. The fraction of sp³-hybridized carbons (Fsp3) is 0.500. The predicted octanol–water partition coefficient (Wildman–Crippen LogP) is 1.11. The van der Waals surface area contributed by atoms with Crippen LogP contribution in [-0.4, -0.2) is 28.2 Å². The Labute approximate surface area is 118 Å². The van der Waals surface area contributed by atoms with Gasteiger partial charge in [0.15, 0.2) is 0 Å². The molecular weight excluding hydrogens is 288 g/mol. The molecule has 1 aliphatic heterocycles. The predicted molar refractivity (Wildman–Crippen MR) is 73.5 cm³/mol. The molecule has 1 unspecified atom stereocenters. The maximum atomic E-state index is 12.1. The molecule has 0 aromatic heterocycles. The van der Waals surface area contributed by atoms with Crippen molar-refractivity contribution >= 4 is 21.6 Å². The molecule has 1 aromatic carbocycles. The molecule has 0 spiro atoms. The summed E-state index contributed by atoms with van der Waals surface area (Å²) in [4.78, 5) is 0.161. The molecule has 19 heavy (non-hydrogen) atoms. The summed E-state index contributed by atoms with van der Waals surface area (Å²) < 4.78 is 32.0. The number of benzene rings is 1. The molecule has 0 bridgehead atoms. The summed E-state index contributed by atoms with van der Waals surface area (Å²) in [6.07, 6.45) is 0.884. The van der Waals surface area contributed by atoms with Crippen LogP contribution in [0.3, 0.4) is 0 Å². The molecule has 2 rings (SSSR count). The minimum atomic E-state index is -3.53. The standard InChI is InChI=1S/C12H17ClN2O3S/c13-12-5-11(2-1-10(12)6-14)19(16,17)15-7-9-3-4-18-8-9/h1-2,5,9,15H,3-4,6-8,14H2. The lowest BCUT2D eigenvalue weighted by molar-refractivity contribution is 0.186. The van der Waals surface area contributed by atoms with E-state index >= 15 is 0 Å². The number of nitrogens with one attached hydrogen (secondary N) is 1. The highest BCUT2D eigenvalue weighted by Gasteiger charge is 2.20. The quantitative estimate of drug-likeness (QED) is 0.854. The lowest BCUT2D eigenvalue weighted by Gasteiger charge is -2.11. The number of halogens is 1. The van der Waals surface area contributed by atoms with Crippen LogP contribution in [0.15, 0.2) is 23.1 Å². The molecule has 1 aliphatic rings. The first-order chi connectivity index (χ1) is 9.03. The van der Waals surface area contributed by atoms with E-state index in [2.05, 4.69) is 4.72 Å². The van der Waals surface area contributed by atoms with E-state index in [-0.39, 0.29) is 17.4 Å². The molecule has 5 nitrogen and oxygen atoms in total. The highest BCUT2D eigenvalue weighted by molar-refractivity contribution is 7.89. The first kappa shape index (κ1) is 14.7. The second-order valence-electron chi connectivity index (χ2n) is 4.54. The highest BCUT2D eigenvalue weighted by Crippen LogP contribution is 2.21. The molecule has 106 valence electrons. The molecule has 1 heterocycles. The zero-order chi connectivity index (χ0) is 13.9. The van der Waals surface area contributed by atoms with Crippen LogP contribution in [0.25, 0.3) is 0 Å². The van der Waals surface area contributed by atoms with Gasteiger partial charge in [0, 0.05) is 24.7 Å². The Morgan fingerprint density at radius 2 is 2.26 bits per heavy atom. The Hall–Kier alpha value is -0.660. The van der Waals surface area contributed by atoms with E-state index in [1.165, 1.54) is 12.1 Å². The van der Waals surface area contributed by atoms with E-state index in [1.54, 1.807) is 6.07 Å². The van der Waals surface area contributed by atoms with Crippen molar-refractivity contribution in [1.82, 2.24) is 4.72 Å². The molecule has 1 saturated heterocycles.